The van der Waals surface area contributed by atoms with E-state index in [0.29, 0.717) is 5.56 Å². The molecule has 1 saturated heterocycles. The fraction of sp³-hybridized carbons (Fsp3) is 0.308. The Hall–Kier alpha value is -3.52. The van der Waals surface area contributed by atoms with Crippen LogP contribution in [-0.4, -0.2) is 35.6 Å². The van der Waals surface area contributed by atoms with Gasteiger partial charge < -0.3 is 9.80 Å². The number of fused-ring (bicyclic) bond motifs is 3. The first-order chi connectivity index (χ1) is 15.1. The van der Waals surface area contributed by atoms with Gasteiger partial charge in [0.05, 0.1) is 16.6 Å². The highest BCUT2D eigenvalue weighted by Gasteiger charge is 2.26. The topological polar surface area (TPSA) is 47.6 Å². The molecule has 0 N–H and O–H groups in total. The molecule has 0 atom stereocenters. The Morgan fingerprint density at radius 1 is 0.968 bits per heavy atom. The summed E-state index contributed by atoms with van der Waals surface area (Å²) in [7, 11) is 0. The number of aryl methyl sites for hydroxylation is 1. The summed E-state index contributed by atoms with van der Waals surface area (Å²) in [5, 5.41) is 9.92. The molecular weight excluding hydrogens is 382 g/mol. The third kappa shape index (κ3) is 3.11. The van der Waals surface area contributed by atoms with Gasteiger partial charge >= 0.3 is 0 Å². The van der Waals surface area contributed by atoms with Crippen molar-refractivity contribution < 1.29 is 0 Å². The SMILES string of the molecule is CCc1c(C)c(C#N)c2nc3ccccc3n2c1N1CCN(c2cccc(C)c2)CC1. The first kappa shape index (κ1) is 19.4. The smallest absolute Gasteiger partial charge is 0.157 e. The quantitative estimate of drug-likeness (QED) is 0.485. The number of benzene rings is 2. The summed E-state index contributed by atoms with van der Waals surface area (Å²) in [5.74, 6) is 1.20. The molecule has 5 rings (SSSR count). The molecule has 31 heavy (non-hydrogen) atoms. The van der Waals surface area contributed by atoms with E-state index in [1.807, 2.05) is 18.2 Å². The number of piperazine rings is 1. The predicted molar refractivity (Wildman–Crippen MR) is 127 cm³/mol. The number of hydrogen-bond acceptors (Lipinski definition) is 4. The number of nitrogens with zero attached hydrogens (tertiary/aromatic N) is 5. The molecule has 156 valence electrons. The number of pyridine rings is 1. The van der Waals surface area contributed by atoms with Gasteiger partial charge in [0.15, 0.2) is 5.65 Å². The second-order valence-corrected chi connectivity index (χ2v) is 8.34. The van der Waals surface area contributed by atoms with Crippen LogP contribution in [0.4, 0.5) is 11.5 Å². The Morgan fingerprint density at radius 3 is 2.42 bits per heavy atom. The van der Waals surface area contributed by atoms with Crippen molar-refractivity contribution in [3.63, 3.8) is 0 Å². The molecular formula is C26H27N5. The molecule has 5 heteroatoms. The average molecular weight is 410 g/mol. The molecule has 0 spiro atoms. The first-order valence-electron chi connectivity index (χ1n) is 11.0. The number of rotatable bonds is 3. The van der Waals surface area contributed by atoms with Gasteiger partial charge in [-0.3, -0.25) is 4.40 Å². The van der Waals surface area contributed by atoms with Crippen LogP contribution in [0.1, 0.15) is 29.2 Å². The number of aromatic nitrogens is 2. The molecule has 0 saturated carbocycles. The standard InChI is InChI=1S/C26H27N5/c1-4-21-19(3)22(17-27)25-28-23-10-5-6-11-24(23)31(25)26(21)30-14-12-29(13-15-30)20-9-7-8-18(2)16-20/h5-11,16H,4,12-15H2,1-3H3. The summed E-state index contributed by atoms with van der Waals surface area (Å²) in [4.78, 5) is 9.81. The molecule has 3 heterocycles. The molecule has 1 fully saturated rings. The Morgan fingerprint density at radius 2 is 1.71 bits per heavy atom. The maximum atomic E-state index is 9.92. The third-order valence-electron chi connectivity index (χ3n) is 6.51. The van der Waals surface area contributed by atoms with E-state index in [4.69, 9.17) is 4.98 Å². The normalized spacial score (nSPS) is 14.4. The van der Waals surface area contributed by atoms with Gasteiger partial charge in [-0.25, -0.2) is 4.98 Å². The van der Waals surface area contributed by atoms with E-state index in [-0.39, 0.29) is 0 Å². The van der Waals surface area contributed by atoms with Crippen molar-refractivity contribution in [1.82, 2.24) is 9.38 Å². The largest absolute Gasteiger partial charge is 0.368 e. The zero-order valence-electron chi connectivity index (χ0n) is 18.4. The predicted octanol–water partition coefficient (Wildman–Crippen LogP) is 4.87. The molecule has 0 aliphatic carbocycles. The van der Waals surface area contributed by atoms with Crippen LogP contribution in [0.3, 0.4) is 0 Å². The van der Waals surface area contributed by atoms with Crippen LogP contribution in [0.15, 0.2) is 48.5 Å². The number of imidazole rings is 1. The maximum Gasteiger partial charge on any atom is 0.157 e. The summed E-state index contributed by atoms with van der Waals surface area (Å²) < 4.78 is 2.22. The first-order valence-corrected chi connectivity index (χ1v) is 11.0. The number of nitriles is 1. The van der Waals surface area contributed by atoms with Crippen LogP contribution in [0.25, 0.3) is 16.7 Å². The highest BCUT2D eigenvalue weighted by molar-refractivity contribution is 5.86. The van der Waals surface area contributed by atoms with E-state index < -0.39 is 0 Å². The van der Waals surface area contributed by atoms with Crippen molar-refractivity contribution >= 4 is 28.2 Å². The number of hydrogen-bond donors (Lipinski definition) is 0. The number of para-hydroxylation sites is 2. The molecule has 4 aromatic rings. The zero-order valence-corrected chi connectivity index (χ0v) is 18.4. The van der Waals surface area contributed by atoms with Crippen molar-refractivity contribution in [1.29, 1.82) is 5.26 Å². The summed E-state index contributed by atoms with van der Waals surface area (Å²) >= 11 is 0. The van der Waals surface area contributed by atoms with Gasteiger partial charge in [0.1, 0.15) is 11.9 Å². The molecule has 2 aromatic heterocycles. The van der Waals surface area contributed by atoms with Gasteiger partial charge in [-0.05, 0) is 61.2 Å². The van der Waals surface area contributed by atoms with Crippen molar-refractivity contribution in [3.8, 4) is 6.07 Å². The minimum atomic E-state index is 0.690. The number of anilines is 2. The average Bonchev–Trinajstić information content (AvgIpc) is 3.17. The van der Waals surface area contributed by atoms with Gasteiger partial charge in [-0.1, -0.05) is 31.2 Å². The molecule has 1 aliphatic rings. The lowest BCUT2D eigenvalue weighted by Crippen LogP contribution is -2.47. The minimum Gasteiger partial charge on any atom is -0.368 e. The summed E-state index contributed by atoms with van der Waals surface area (Å²) in [5.41, 5.74) is 8.36. The van der Waals surface area contributed by atoms with Crippen LogP contribution in [-0.2, 0) is 6.42 Å². The zero-order chi connectivity index (χ0) is 21.5. The van der Waals surface area contributed by atoms with E-state index in [1.54, 1.807) is 0 Å². The minimum absolute atomic E-state index is 0.690. The van der Waals surface area contributed by atoms with Crippen molar-refractivity contribution in [2.24, 2.45) is 0 Å². The van der Waals surface area contributed by atoms with Crippen molar-refractivity contribution in [2.45, 2.75) is 27.2 Å². The lowest BCUT2D eigenvalue weighted by Gasteiger charge is -2.39. The van der Waals surface area contributed by atoms with Gasteiger partial charge in [-0.2, -0.15) is 5.26 Å². The lowest BCUT2D eigenvalue weighted by molar-refractivity contribution is 0.642. The van der Waals surface area contributed by atoms with Crippen molar-refractivity contribution in [2.75, 3.05) is 36.0 Å². The molecule has 0 bridgehead atoms. The second kappa shape index (κ2) is 7.63. The van der Waals surface area contributed by atoms with Gasteiger partial charge in [-0.15, -0.1) is 0 Å². The second-order valence-electron chi connectivity index (χ2n) is 8.34. The Balaban J connectivity index is 1.62. The Kier molecular flexibility index (Phi) is 4.78. The summed E-state index contributed by atoms with van der Waals surface area (Å²) in [6, 6.07) is 19.4. The van der Waals surface area contributed by atoms with Gasteiger partial charge in [0, 0.05) is 31.9 Å². The van der Waals surface area contributed by atoms with Gasteiger partial charge in [0.25, 0.3) is 0 Å². The van der Waals surface area contributed by atoms with Crippen LogP contribution in [0.5, 0.6) is 0 Å². The maximum absolute atomic E-state index is 9.92. The summed E-state index contributed by atoms with van der Waals surface area (Å²) in [6.45, 7) is 10.2. The molecule has 1 aliphatic heterocycles. The fourth-order valence-corrected chi connectivity index (χ4v) is 4.92. The van der Waals surface area contributed by atoms with Gasteiger partial charge in [0.2, 0.25) is 0 Å². The molecule has 0 amide bonds. The van der Waals surface area contributed by atoms with Crippen LogP contribution in [0.2, 0.25) is 0 Å². The van der Waals surface area contributed by atoms with E-state index in [1.165, 1.54) is 22.6 Å². The van der Waals surface area contributed by atoms with Crippen LogP contribution >= 0.6 is 0 Å². The lowest BCUT2D eigenvalue weighted by atomic mass is 10.0. The van der Waals surface area contributed by atoms with E-state index >= 15 is 0 Å². The Bertz CT molecular complexity index is 1320. The van der Waals surface area contributed by atoms with Crippen LogP contribution < -0.4 is 9.80 Å². The highest BCUT2D eigenvalue weighted by Crippen LogP contribution is 2.34. The van der Waals surface area contributed by atoms with Crippen molar-refractivity contribution in [3.05, 3.63) is 70.8 Å². The molecule has 5 nitrogen and oxygen atoms in total. The van der Waals surface area contributed by atoms with E-state index in [0.717, 1.165) is 54.8 Å². The highest BCUT2D eigenvalue weighted by atomic mass is 15.3. The Labute approximate surface area is 183 Å². The van der Waals surface area contributed by atoms with E-state index in [2.05, 4.69) is 71.4 Å². The molecule has 0 radical (unpaired) electrons. The monoisotopic (exact) mass is 409 g/mol. The van der Waals surface area contributed by atoms with Crippen LogP contribution in [0, 0.1) is 25.2 Å². The third-order valence-corrected chi connectivity index (χ3v) is 6.51. The van der Waals surface area contributed by atoms with E-state index in [9.17, 15) is 5.26 Å². The molecule has 0 unspecified atom stereocenters. The summed E-state index contributed by atoms with van der Waals surface area (Å²) in [6.07, 6.45) is 0.885. The fourth-order valence-electron chi connectivity index (χ4n) is 4.92. The molecule has 2 aromatic carbocycles.